The minimum atomic E-state index is -0.0194. The van der Waals surface area contributed by atoms with Crippen molar-refractivity contribution in [2.45, 2.75) is 45.6 Å². The van der Waals surface area contributed by atoms with E-state index in [9.17, 15) is 4.79 Å². The molecule has 4 aromatic rings. The van der Waals surface area contributed by atoms with Crippen molar-refractivity contribution in [3.8, 4) is 11.3 Å². The number of nitrogens with one attached hydrogen (secondary N) is 1. The van der Waals surface area contributed by atoms with Gasteiger partial charge in [0.25, 0.3) is 5.71 Å². The summed E-state index contributed by atoms with van der Waals surface area (Å²) in [5.41, 5.74) is 4.51. The first-order chi connectivity index (χ1) is 16.7. The highest BCUT2D eigenvalue weighted by atomic mass is 16.5. The third kappa shape index (κ3) is 4.78. The van der Waals surface area contributed by atoms with Crippen LogP contribution in [0.15, 0.2) is 59.1 Å². The van der Waals surface area contributed by atoms with Crippen molar-refractivity contribution in [1.29, 1.82) is 0 Å². The SMILES string of the molecule is Cc1ccccc1CNC(=O)CCc1nc(N2CCCCC2)c2c(-c3ccccc3)noc2n1. The summed E-state index contributed by atoms with van der Waals surface area (Å²) in [6.07, 6.45) is 4.25. The van der Waals surface area contributed by atoms with E-state index < -0.39 is 0 Å². The van der Waals surface area contributed by atoms with E-state index in [0.29, 0.717) is 30.9 Å². The Hall–Kier alpha value is -3.74. The second-order valence-corrected chi connectivity index (χ2v) is 8.79. The lowest BCUT2D eigenvalue weighted by Gasteiger charge is -2.28. The van der Waals surface area contributed by atoms with Crippen molar-refractivity contribution in [2.75, 3.05) is 18.0 Å². The summed E-state index contributed by atoms with van der Waals surface area (Å²) in [7, 11) is 0. The highest BCUT2D eigenvalue weighted by molar-refractivity contribution is 5.98. The first-order valence-corrected chi connectivity index (χ1v) is 12.0. The Kier molecular flexibility index (Phi) is 6.51. The van der Waals surface area contributed by atoms with Crippen molar-refractivity contribution in [1.82, 2.24) is 20.4 Å². The van der Waals surface area contributed by atoms with Crippen LogP contribution in [0.4, 0.5) is 5.82 Å². The maximum atomic E-state index is 12.5. The number of fused-ring (bicyclic) bond motifs is 1. The van der Waals surface area contributed by atoms with Crippen LogP contribution < -0.4 is 10.2 Å². The number of hydrogen-bond donors (Lipinski definition) is 1. The molecule has 5 rings (SSSR count). The maximum Gasteiger partial charge on any atom is 0.263 e. The van der Waals surface area contributed by atoms with Gasteiger partial charge in [0.1, 0.15) is 22.7 Å². The van der Waals surface area contributed by atoms with Gasteiger partial charge in [-0.3, -0.25) is 4.79 Å². The van der Waals surface area contributed by atoms with Gasteiger partial charge in [-0.15, -0.1) is 0 Å². The molecule has 7 nitrogen and oxygen atoms in total. The predicted molar refractivity (Wildman–Crippen MR) is 132 cm³/mol. The van der Waals surface area contributed by atoms with Crippen LogP contribution in [0.5, 0.6) is 0 Å². The number of hydrogen-bond acceptors (Lipinski definition) is 6. The lowest BCUT2D eigenvalue weighted by atomic mass is 10.1. The molecule has 0 atom stereocenters. The Labute approximate surface area is 199 Å². The van der Waals surface area contributed by atoms with E-state index in [4.69, 9.17) is 9.51 Å². The lowest BCUT2D eigenvalue weighted by molar-refractivity contribution is -0.121. The third-order valence-electron chi connectivity index (χ3n) is 6.38. The first-order valence-electron chi connectivity index (χ1n) is 12.0. The Morgan fingerprint density at radius 3 is 2.56 bits per heavy atom. The normalized spacial score (nSPS) is 13.9. The monoisotopic (exact) mass is 455 g/mol. The average Bonchev–Trinajstić information content (AvgIpc) is 3.31. The summed E-state index contributed by atoms with van der Waals surface area (Å²) in [5.74, 6) is 1.45. The van der Waals surface area contributed by atoms with Gasteiger partial charge in [0.15, 0.2) is 0 Å². The van der Waals surface area contributed by atoms with Crippen molar-refractivity contribution in [2.24, 2.45) is 0 Å². The standard InChI is InChI=1S/C27H29N5O2/c1-19-10-6-7-13-21(19)18-28-23(33)15-14-22-29-26(32-16-8-3-9-17-32)24-25(31-34-27(24)30-22)20-11-4-2-5-12-20/h2,4-7,10-13H,3,8-9,14-18H2,1H3,(H,28,33). The summed E-state index contributed by atoms with van der Waals surface area (Å²) in [5, 5.41) is 8.20. The van der Waals surface area contributed by atoms with Crippen LogP contribution in [0.3, 0.4) is 0 Å². The van der Waals surface area contributed by atoms with E-state index in [-0.39, 0.29) is 5.91 Å². The molecule has 1 aliphatic rings. The fraction of sp³-hybridized carbons (Fsp3) is 0.333. The molecule has 2 aromatic heterocycles. The van der Waals surface area contributed by atoms with Gasteiger partial charge in [-0.2, -0.15) is 4.98 Å². The van der Waals surface area contributed by atoms with Crippen molar-refractivity contribution in [3.05, 3.63) is 71.5 Å². The van der Waals surface area contributed by atoms with Gasteiger partial charge in [0.05, 0.1) is 0 Å². The topological polar surface area (TPSA) is 84.2 Å². The van der Waals surface area contributed by atoms with Crippen LogP contribution in [0.25, 0.3) is 22.4 Å². The molecular weight excluding hydrogens is 426 g/mol. The molecular formula is C27H29N5O2. The van der Waals surface area contributed by atoms with Crippen LogP contribution in [-0.4, -0.2) is 34.1 Å². The maximum absolute atomic E-state index is 12.5. The van der Waals surface area contributed by atoms with Crippen molar-refractivity contribution in [3.63, 3.8) is 0 Å². The highest BCUT2D eigenvalue weighted by Crippen LogP contribution is 2.34. The number of benzene rings is 2. The van der Waals surface area contributed by atoms with Gasteiger partial charge in [0, 0.05) is 38.0 Å². The van der Waals surface area contributed by atoms with Gasteiger partial charge in [0.2, 0.25) is 5.91 Å². The summed E-state index contributed by atoms with van der Waals surface area (Å²) < 4.78 is 5.67. The predicted octanol–water partition coefficient (Wildman–Crippen LogP) is 4.83. The molecule has 1 amide bonds. The highest BCUT2D eigenvalue weighted by Gasteiger charge is 2.23. The number of carbonyl (C=O) groups is 1. The first kappa shape index (κ1) is 22.1. The molecule has 34 heavy (non-hydrogen) atoms. The molecule has 7 heteroatoms. The summed E-state index contributed by atoms with van der Waals surface area (Å²) >= 11 is 0. The number of aryl methyl sites for hydroxylation is 2. The summed E-state index contributed by atoms with van der Waals surface area (Å²) in [6, 6.07) is 18.1. The zero-order chi connectivity index (χ0) is 23.3. The van der Waals surface area contributed by atoms with E-state index in [1.165, 1.54) is 12.0 Å². The van der Waals surface area contributed by atoms with Gasteiger partial charge < -0.3 is 14.7 Å². The van der Waals surface area contributed by atoms with Crippen LogP contribution in [0, 0.1) is 6.92 Å². The molecule has 0 saturated carbocycles. The molecule has 2 aromatic carbocycles. The van der Waals surface area contributed by atoms with Crippen LogP contribution >= 0.6 is 0 Å². The zero-order valence-corrected chi connectivity index (χ0v) is 19.5. The molecule has 0 unspecified atom stereocenters. The Balaban J connectivity index is 1.37. The Bertz CT molecular complexity index is 1280. The number of aromatic nitrogens is 3. The van der Waals surface area contributed by atoms with E-state index in [1.807, 2.05) is 61.5 Å². The molecule has 1 aliphatic heterocycles. The zero-order valence-electron chi connectivity index (χ0n) is 19.5. The smallest absolute Gasteiger partial charge is 0.263 e. The van der Waals surface area contributed by atoms with E-state index >= 15 is 0 Å². The molecule has 0 bridgehead atoms. The molecule has 0 spiro atoms. The van der Waals surface area contributed by atoms with Gasteiger partial charge in [-0.25, -0.2) is 4.98 Å². The van der Waals surface area contributed by atoms with Gasteiger partial charge in [-0.1, -0.05) is 59.8 Å². The fourth-order valence-corrected chi connectivity index (χ4v) is 4.44. The number of amides is 1. The number of nitrogens with zero attached hydrogens (tertiary/aromatic N) is 4. The van der Waals surface area contributed by atoms with Gasteiger partial charge >= 0.3 is 0 Å². The van der Waals surface area contributed by atoms with Crippen LogP contribution in [-0.2, 0) is 17.8 Å². The quantitative estimate of drug-likeness (QED) is 0.430. The summed E-state index contributed by atoms with van der Waals surface area (Å²) in [6.45, 7) is 4.46. The molecule has 174 valence electrons. The van der Waals surface area contributed by atoms with Crippen molar-refractivity contribution < 1.29 is 9.32 Å². The lowest BCUT2D eigenvalue weighted by Crippen LogP contribution is -2.30. The molecule has 0 radical (unpaired) electrons. The van der Waals surface area contributed by atoms with Crippen LogP contribution in [0.2, 0.25) is 0 Å². The van der Waals surface area contributed by atoms with E-state index in [1.54, 1.807) is 0 Å². The fourth-order valence-electron chi connectivity index (χ4n) is 4.44. The van der Waals surface area contributed by atoms with E-state index in [0.717, 1.165) is 54.0 Å². The third-order valence-corrected chi connectivity index (χ3v) is 6.38. The van der Waals surface area contributed by atoms with Crippen LogP contribution in [0.1, 0.15) is 42.6 Å². The molecule has 1 N–H and O–H groups in total. The molecule has 3 heterocycles. The van der Waals surface area contributed by atoms with Gasteiger partial charge in [-0.05, 0) is 37.3 Å². The molecule has 1 saturated heterocycles. The summed E-state index contributed by atoms with van der Waals surface area (Å²) in [4.78, 5) is 24.4. The number of anilines is 1. The minimum Gasteiger partial charge on any atom is -0.356 e. The Morgan fingerprint density at radius 2 is 1.76 bits per heavy atom. The van der Waals surface area contributed by atoms with E-state index in [2.05, 4.69) is 20.4 Å². The van der Waals surface area contributed by atoms with Crippen molar-refractivity contribution >= 4 is 22.8 Å². The Morgan fingerprint density at radius 1 is 1.00 bits per heavy atom. The minimum absolute atomic E-state index is 0.0194. The largest absolute Gasteiger partial charge is 0.356 e. The number of carbonyl (C=O) groups excluding carboxylic acids is 1. The molecule has 1 fully saturated rings. The average molecular weight is 456 g/mol. The number of piperidine rings is 1. The molecule has 0 aliphatic carbocycles. The number of rotatable bonds is 7. The second-order valence-electron chi connectivity index (χ2n) is 8.79. The second kappa shape index (κ2) is 10.0.